The van der Waals surface area contributed by atoms with Crippen molar-refractivity contribution in [1.82, 2.24) is 0 Å². The van der Waals surface area contributed by atoms with Gasteiger partial charge in [-0.2, -0.15) is 0 Å². The number of ether oxygens (including phenoxy) is 1. The van der Waals surface area contributed by atoms with Crippen molar-refractivity contribution in [3.63, 3.8) is 0 Å². The molecule has 1 aromatic rings. The molecule has 1 aliphatic heterocycles. The van der Waals surface area contributed by atoms with E-state index in [0.29, 0.717) is 0 Å². The Kier molecular flexibility index (Phi) is 4.82. The van der Waals surface area contributed by atoms with Crippen molar-refractivity contribution in [2.24, 2.45) is 5.11 Å². The van der Waals surface area contributed by atoms with Crippen LogP contribution in [0.3, 0.4) is 0 Å². The van der Waals surface area contributed by atoms with Crippen LogP contribution in [0.2, 0.25) is 0 Å². The van der Waals surface area contributed by atoms with Crippen LogP contribution in [0.15, 0.2) is 35.4 Å². The fraction of sp³-hybridized carbons (Fsp3) is 0.500. The molecule has 1 heterocycles. The van der Waals surface area contributed by atoms with E-state index in [1.807, 2.05) is 30.3 Å². The zero-order valence-corrected chi connectivity index (χ0v) is 12.0. The number of hydrogen-bond acceptors (Lipinski definition) is 4. The summed E-state index contributed by atoms with van der Waals surface area (Å²) in [6.07, 6.45) is -2.59. The third-order valence-corrected chi connectivity index (χ3v) is 5.44. The number of nitrogens with zero attached hydrogens (tertiary/aromatic N) is 3. The molecular formula is C12H15N3O3Se. The average molecular weight is 328 g/mol. The van der Waals surface area contributed by atoms with Crippen LogP contribution in [-0.2, 0) is 4.74 Å². The van der Waals surface area contributed by atoms with Crippen molar-refractivity contribution in [2.45, 2.75) is 36.3 Å². The molecule has 1 fully saturated rings. The molecule has 0 saturated carbocycles. The molecule has 7 heteroatoms. The van der Waals surface area contributed by atoms with Gasteiger partial charge in [-0.25, -0.2) is 0 Å². The number of azide groups is 1. The van der Waals surface area contributed by atoms with E-state index in [-0.39, 0.29) is 20.0 Å². The third kappa shape index (κ3) is 3.28. The molecule has 0 aromatic heterocycles. The first-order valence-corrected chi connectivity index (χ1v) is 7.75. The van der Waals surface area contributed by atoms with E-state index in [1.165, 1.54) is 0 Å². The Labute approximate surface area is 117 Å². The first-order valence-electron chi connectivity index (χ1n) is 5.91. The maximum absolute atomic E-state index is 10.0. The molecule has 0 unspecified atom stereocenters. The predicted molar refractivity (Wildman–Crippen MR) is 71.1 cm³/mol. The van der Waals surface area contributed by atoms with Gasteiger partial charge in [0.2, 0.25) is 0 Å². The van der Waals surface area contributed by atoms with Crippen molar-refractivity contribution >= 4 is 19.4 Å². The van der Waals surface area contributed by atoms with Gasteiger partial charge in [-0.15, -0.1) is 0 Å². The summed E-state index contributed by atoms with van der Waals surface area (Å²) in [6, 6.07) is 8.97. The number of hydrogen-bond donors (Lipinski definition) is 2. The maximum atomic E-state index is 10.0. The van der Waals surface area contributed by atoms with Crippen molar-refractivity contribution in [1.29, 1.82) is 0 Å². The van der Waals surface area contributed by atoms with E-state index in [4.69, 9.17) is 10.3 Å². The molecule has 0 amide bonds. The molecule has 0 aliphatic carbocycles. The second-order valence-electron chi connectivity index (χ2n) is 4.32. The first-order chi connectivity index (χ1) is 9.13. The SMILES string of the molecule is C[C@H]1O[C@H]([Se]c2ccccc2)[C@H](N=[N+]=[N-])[C@@H](O)[C@H]1O. The zero-order chi connectivity index (χ0) is 13.8. The van der Waals surface area contributed by atoms with Crippen LogP contribution >= 0.6 is 0 Å². The summed E-state index contributed by atoms with van der Waals surface area (Å²) in [5.41, 5.74) is 8.59. The monoisotopic (exact) mass is 329 g/mol. The molecule has 0 bridgehead atoms. The molecule has 0 radical (unpaired) electrons. The molecule has 6 nitrogen and oxygen atoms in total. The van der Waals surface area contributed by atoms with Crippen LogP contribution in [0, 0.1) is 0 Å². The third-order valence-electron chi connectivity index (χ3n) is 2.99. The first kappa shape index (κ1) is 14.3. The Hall–Kier alpha value is -1.07. The van der Waals surface area contributed by atoms with Crippen LogP contribution in [-0.4, -0.2) is 54.5 Å². The number of rotatable bonds is 3. The van der Waals surface area contributed by atoms with Crippen LogP contribution < -0.4 is 4.46 Å². The van der Waals surface area contributed by atoms with Gasteiger partial charge < -0.3 is 0 Å². The van der Waals surface area contributed by atoms with Gasteiger partial charge in [0.15, 0.2) is 0 Å². The second-order valence-corrected chi connectivity index (χ2v) is 6.78. The molecule has 1 aromatic carbocycles. The summed E-state index contributed by atoms with van der Waals surface area (Å²) >= 11 is -0.102. The van der Waals surface area contributed by atoms with Crippen LogP contribution in [0.5, 0.6) is 0 Å². The van der Waals surface area contributed by atoms with Gasteiger partial charge >= 0.3 is 117 Å². The summed E-state index contributed by atoms with van der Waals surface area (Å²) in [5.74, 6) is 0. The fourth-order valence-corrected chi connectivity index (χ4v) is 4.38. The Morgan fingerprint density at radius 1 is 1.26 bits per heavy atom. The molecule has 1 aliphatic rings. The molecule has 19 heavy (non-hydrogen) atoms. The van der Waals surface area contributed by atoms with Crippen molar-refractivity contribution in [3.8, 4) is 0 Å². The fourth-order valence-electron chi connectivity index (χ4n) is 1.93. The Morgan fingerprint density at radius 2 is 1.95 bits per heavy atom. The normalized spacial score (nSPS) is 34.6. The van der Waals surface area contributed by atoms with E-state index in [9.17, 15) is 10.2 Å². The molecule has 5 atom stereocenters. The van der Waals surface area contributed by atoms with E-state index in [2.05, 4.69) is 10.0 Å². The van der Waals surface area contributed by atoms with Gasteiger partial charge in [-0.05, 0) is 0 Å². The molecule has 0 spiro atoms. The average Bonchev–Trinajstić information content (AvgIpc) is 2.42. The molecular weight excluding hydrogens is 313 g/mol. The van der Waals surface area contributed by atoms with E-state index < -0.39 is 24.4 Å². The molecule has 2 rings (SSSR count). The number of aliphatic hydroxyl groups is 2. The quantitative estimate of drug-likeness (QED) is 0.358. The Bertz CT molecular complexity index is 467. The second kappa shape index (κ2) is 6.39. The van der Waals surface area contributed by atoms with Gasteiger partial charge in [0.1, 0.15) is 0 Å². The summed E-state index contributed by atoms with van der Waals surface area (Å²) in [6.45, 7) is 1.70. The standard InChI is InChI=1S/C12H15N3O3Se/c1-7-10(16)11(17)9(14-15-13)12(18-7)19-8-5-3-2-4-6-8/h2-7,9-12,16-17H,1H3/t7-,9-,10+,11-,12-/m1/s1. The predicted octanol–water partition coefficient (Wildman–Crippen LogP) is 0.162. The van der Waals surface area contributed by atoms with E-state index >= 15 is 0 Å². The summed E-state index contributed by atoms with van der Waals surface area (Å²) in [5, 5.41) is 23.0. The Balaban J connectivity index is 2.18. The van der Waals surface area contributed by atoms with Crippen molar-refractivity contribution < 1.29 is 14.9 Å². The topological polar surface area (TPSA) is 98.5 Å². The van der Waals surface area contributed by atoms with E-state index in [1.54, 1.807) is 6.92 Å². The van der Waals surface area contributed by atoms with E-state index in [0.717, 1.165) is 4.46 Å². The number of aliphatic hydroxyl groups excluding tert-OH is 2. The van der Waals surface area contributed by atoms with Crippen molar-refractivity contribution in [2.75, 3.05) is 0 Å². The van der Waals surface area contributed by atoms with Gasteiger partial charge in [0, 0.05) is 0 Å². The van der Waals surface area contributed by atoms with Crippen LogP contribution in [0.1, 0.15) is 6.92 Å². The van der Waals surface area contributed by atoms with Crippen LogP contribution in [0.25, 0.3) is 10.4 Å². The van der Waals surface area contributed by atoms with Crippen molar-refractivity contribution in [3.05, 3.63) is 40.8 Å². The zero-order valence-electron chi connectivity index (χ0n) is 10.3. The van der Waals surface area contributed by atoms with Gasteiger partial charge in [-0.1, -0.05) is 0 Å². The summed E-state index contributed by atoms with van der Waals surface area (Å²) in [4.78, 5) is 2.75. The number of benzene rings is 1. The van der Waals surface area contributed by atoms with Gasteiger partial charge in [-0.3, -0.25) is 0 Å². The molecule has 1 saturated heterocycles. The molecule has 2 N–H and O–H groups in total. The van der Waals surface area contributed by atoms with Gasteiger partial charge in [0.25, 0.3) is 0 Å². The minimum atomic E-state index is -1.09. The van der Waals surface area contributed by atoms with Crippen LogP contribution in [0.4, 0.5) is 0 Å². The summed E-state index contributed by atoms with van der Waals surface area (Å²) in [7, 11) is 0. The summed E-state index contributed by atoms with van der Waals surface area (Å²) < 4.78 is 6.78. The molecule has 102 valence electrons. The Morgan fingerprint density at radius 3 is 2.58 bits per heavy atom. The minimum absolute atomic E-state index is 0.102. The van der Waals surface area contributed by atoms with Gasteiger partial charge in [0.05, 0.1) is 0 Å².